The number of likely N-dealkylation sites (tertiary alicyclic amines) is 1. The van der Waals surface area contributed by atoms with Crippen molar-refractivity contribution in [1.82, 2.24) is 40.3 Å². The number of alkyl halides is 2. The summed E-state index contributed by atoms with van der Waals surface area (Å²) in [6.45, 7) is 6.51. The average Bonchev–Trinajstić information content (AvgIpc) is 1.73. The van der Waals surface area contributed by atoms with Crippen molar-refractivity contribution < 1.29 is 74.7 Å². The van der Waals surface area contributed by atoms with Gasteiger partial charge in [0.05, 0.1) is 16.7 Å². The Labute approximate surface area is 518 Å². The molecular formula is C61H72F2N9O14PS2. The number of nitrogens with two attached hydrogens (primary N) is 1. The number of nitrogens with zero attached hydrogens (tertiary/aromatic N) is 4. The van der Waals surface area contributed by atoms with E-state index in [1.807, 2.05) is 30.3 Å². The number of primary amides is 1. The van der Waals surface area contributed by atoms with Gasteiger partial charge >= 0.3 is 14.7 Å². The van der Waals surface area contributed by atoms with Crippen LogP contribution >= 0.6 is 19.9 Å². The van der Waals surface area contributed by atoms with Crippen molar-refractivity contribution in [2.45, 2.75) is 152 Å². The van der Waals surface area contributed by atoms with Crippen LogP contribution in [-0.4, -0.2) is 159 Å². The van der Waals surface area contributed by atoms with E-state index in [1.54, 1.807) is 17.0 Å². The number of imide groups is 1. The molecule has 0 aliphatic carbocycles. The molecule has 89 heavy (non-hydrogen) atoms. The van der Waals surface area contributed by atoms with Gasteiger partial charge in [-0.1, -0.05) is 62.9 Å². The number of rotatable bonds is 19. The summed E-state index contributed by atoms with van der Waals surface area (Å²) in [4.78, 5) is 145. The summed E-state index contributed by atoms with van der Waals surface area (Å²) in [5.41, 5.74) is 8.34. The number of nitrogens with one attached hydrogen (secondary N) is 4. The molecule has 4 saturated heterocycles. The van der Waals surface area contributed by atoms with Crippen molar-refractivity contribution in [3.8, 4) is 11.8 Å². The van der Waals surface area contributed by atoms with Crippen molar-refractivity contribution in [3.05, 3.63) is 105 Å². The first-order valence-corrected chi connectivity index (χ1v) is 33.3. The fourth-order valence-corrected chi connectivity index (χ4v) is 14.3. The van der Waals surface area contributed by atoms with Gasteiger partial charge in [0.25, 0.3) is 11.8 Å². The molecule has 1 unspecified atom stereocenters. The molecule has 4 fully saturated rings. The number of benzene rings is 3. The van der Waals surface area contributed by atoms with E-state index >= 15 is 0 Å². The molecule has 5 aliphatic heterocycles. The number of hydrogen-bond acceptors (Lipinski definition) is 15. The third kappa shape index (κ3) is 15.8. The fourth-order valence-electron chi connectivity index (χ4n) is 12.2. The SMILES string of the molecule is CC(C)(C)c1ccc(C[C@H](NC(=O)[C@H](CCC(N)=O)NC(=O)[C@@H]2CC[C@@H]3CCN(S(C)(=O)=O)C[C@H](NC(=O)c4cc5cc(C(F)(F)OP(O)O)ccc5s4)C(=O)N32)C(=O)N2CCC(CCC#Cc3cccc4c3CN(C3CCC(=O)NC3=O)C4=O)CC2)cc1. The standard InChI is InChI=1S/C61H72F2N9O14PS2/c1-60(2,3)39-14-12-36(13-15-39)30-45(58(80)69-27-24-35(25-28-69)8-5-6-9-37-10-7-11-42-43(37)33-71(57(42)79)47-20-23-52(74)68-54(47)76)66-53(75)44(18-22-51(64)73)65-55(77)48-19-17-41-26-29-70(89(4,84)85)34-46(59(81)72(41)48)67-56(78)50-32-38-31-40(16-21-49(38)88-50)61(62,63)86-87(82)83/h7,10-16,21,31-32,35,41,44-48,82-83H,5,8,17-20,22-30,33-34H2,1-4H3,(H2,64,73)(H,65,77)(H,66,75)(H,67,78)(H,68,74,76)/t41-,44+,45+,46+,47?,48+/m1/s1. The first kappa shape index (κ1) is 66.1. The molecule has 3 aromatic carbocycles. The van der Waals surface area contributed by atoms with E-state index in [1.165, 1.54) is 21.9 Å². The highest BCUT2D eigenvalue weighted by Gasteiger charge is 2.47. The van der Waals surface area contributed by atoms with Crippen LogP contribution in [0, 0.1) is 17.8 Å². The number of halogens is 2. The summed E-state index contributed by atoms with van der Waals surface area (Å²) in [7, 11) is -7.39. The van der Waals surface area contributed by atoms with Gasteiger partial charge < -0.3 is 46.2 Å². The lowest BCUT2D eigenvalue weighted by atomic mass is 9.86. The summed E-state index contributed by atoms with van der Waals surface area (Å²) < 4.78 is 60.8. The number of carbonyl (C=O) groups is 9. The molecule has 23 nitrogen and oxygen atoms in total. The lowest BCUT2D eigenvalue weighted by Gasteiger charge is -2.38. The van der Waals surface area contributed by atoms with Crippen LogP contribution in [0.2, 0.25) is 0 Å². The Morgan fingerprint density at radius 2 is 1.62 bits per heavy atom. The van der Waals surface area contributed by atoms with Crippen LogP contribution in [0.4, 0.5) is 8.78 Å². The van der Waals surface area contributed by atoms with Gasteiger partial charge in [0, 0.05) is 80.3 Å². The quantitative estimate of drug-likeness (QED) is 0.0398. The zero-order chi connectivity index (χ0) is 64.3. The van der Waals surface area contributed by atoms with Gasteiger partial charge in [-0.15, -0.1) is 11.3 Å². The number of thiophene rings is 1. The smallest absolute Gasteiger partial charge is 0.370 e. The Morgan fingerprint density at radius 1 is 0.899 bits per heavy atom. The van der Waals surface area contributed by atoms with Gasteiger partial charge in [0.2, 0.25) is 51.4 Å². The fraction of sp³-hybridized carbons (Fsp3) is 0.492. The summed E-state index contributed by atoms with van der Waals surface area (Å²) in [6.07, 6.45) is -0.388. The minimum Gasteiger partial charge on any atom is -0.370 e. The number of carbonyl (C=O) groups excluding carboxylic acids is 9. The zero-order valence-corrected chi connectivity index (χ0v) is 52.1. The monoisotopic (exact) mass is 1290 g/mol. The third-order valence-electron chi connectivity index (χ3n) is 17.1. The van der Waals surface area contributed by atoms with E-state index in [0.717, 1.165) is 57.1 Å². The highest BCUT2D eigenvalue weighted by Crippen LogP contribution is 2.43. The topological polar surface area (TPSA) is 325 Å². The number of sulfonamides is 1. The van der Waals surface area contributed by atoms with Gasteiger partial charge in [-0.3, -0.25) is 48.5 Å². The third-order valence-corrected chi connectivity index (χ3v) is 19.9. The first-order valence-electron chi connectivity index (χ1n) is 29.4. The molecule has 28 heteroatoms. The van der Waals surface area contributed by atoms with E-state index < -0.39 is 109 Å². The van der Waals surface area contributed by atoms with E-state index in [0.29, 0.717) is 48.2 Å². The van der Waals surface area contributed by atoms with Gasteiger partial charge in [0.15, 0.2) is 0 Å². The Kier molecular flexibility index (Phi) is 20.4. The van der Waals surface area contributed by atoms with Crippen LogP contribution in [0.25, 0.3) is 10.1 Å². The molecule has 0 saturated carbocycles. The van der Waals surface area contributed by atoms with Crippen LogP contribution in [0.1, 0.15) is 139 Å². The van der Waals surface area contributed by atoms with E-state index in [4.69, 9.17) is 15.5 Å². The zero-order valence-electron chi connectivity index (χ0n) is 49.6. The average molecular weight is 1290 g/mol. The molecule has 9 amide bonds. The van der Waals surface area contributed by atoms with Crippen LogP contribution in [0.3, 0.4) is 0 Å². The minimum absolute atomic E-state index is 0.0527. The van der Waals surface area contributed by atoms with Crippen LogP contribution in [0.5, 0.6) is 0 Å². The molecule has 9 rings (SSSR count). The van der Waals surface area contributed by atoms with Crippen molar-refractivity contribution in [1.29, 1.82) is 0 Å². The van der Waals surface area contributed by atoms with Gasteiger partial charge in [-0.05, 0) is 121 Å². The maximum Gasteiger partial charge on any atom is 0.389 e. The number of amides is 9. The van der Waals surface area contributed by atoms with E-state index in [9.17, 15) is 60.3 Å². The molecule has 5 aliphatic rings. The lowest BCUT2D eigenvalue weighted by molar-refractivity contribution is -0.189. The van der Waals surface area contributed by atoms with Crippen molar-refractivity contribution in [2.24, 2.45) is 11.7 Å². The summed E-state index contributed by atoms with van der Waals surface area (Å²) in [5, 5.41) is 10.7. The normalized spacial score (nSPS) is 21.1. The number of fused-ring (bicyclic) bond motifs is 3. The van der Waals surface area contributed by atoms with Crippen molar-refractivity contribution in [2.75, 3.05) is 32.4 Å². The number of piperidine rings is 2. The minimum atomic E-state index is -4.09. The maximum atomic E-state index is 14.8. The highest BCUT2D eigenvalue weighted by atomic mass is 32.2. The second kappa shape index (κ2) is 27.4. The Balaban J connectivity index is 0.876. The molecule has 1 aromatic heterocycles. The first-order chi connectivity index (χ1) is 42.0. The van der Waals surface area contributed by atoms with Gasteiger partial charge in [-0.25, -0.2) is 12.9 Å². The van der Waals surface area contributed by atoms with Crippen molar-refractivity contribution in [3.63, 3.8) is 0 Å². The lowest BCUT2D eigenvalue weighted by Crippen LogP contribution is -2.62. The molecule has 4 aromatic rings. The Morgan fingerprint density at radius 3 is 2.29 bits per heavy atom. The summed E-state index contributed by atoms with van der Waals surface area (Å²) >= 11 is 0.876. The Bertz CT molecular complexity index is 3620. The molecule has 6 heterocycles. The number of hydrogen-bond donors (Lipinski definition) is 7. The van der Waals surface area contributed by atoms with Crippen LogP contribution in [0.15, 0.2) is 66.7 Å². The van der Waals surface area contributed by atoms with E-state index in [-0.39, 0.29) is 104 Å². The second-order valence-electron chi connectivity index (χ2n) is 24.3. The predicted molar refractivity (Wildman–Crippen MR) is 323 cm³/mol. The molecule has 476 valence electrons. The predicted octanol–water partition coefficient (Wildman–Crippen LogP) is 3.91. The van der Waals surface area contributed by atoms with Gasteiger partial charge in [0.1, 0.15) is 30.2 Å². The molecule has 6 atom stereocenters. The summed E-state index contributed by atoms with van der Waals surface area (Å²) in [5.74, 6) is 1.13. The molecule has 0 bridgehead atoms. The molecule has 0 radical (unpaired) electrons. The van der Waals surface area contributed by atoms with Crippen LogP contribution in [-0.2, 0) is 72.6 Å². The van der Waals surface area contributed by atoms with Gasteiger partial charge in [-0.2, -0.15) is 13.1 Å². The largest absolute Gasteiger partial charge is 0.389 e. The second-order valence-corrected chi connectivity index (χ2v) is 28.0. The summed E-state index contributed by atoms with van der Waals surface area (Å²) in [6, 6.07) is 10.6. The highest BCUT2D eigenvalue weighted by molar-refractivity contribution is 7.88. The molecular weight excluding hydrogens is 1220 g/mol. The molecule has 8 N–H and O–H groups in total. The van der Waals surface area contributed by atoms with E-state index in [2.05, 4.69) is 58.4 Å². The van der Waals surface area contributed by atoms with Crippen LogP contribution < -0.4 is 27.0 Å². The molecule has 0 spiro atoms. The maximum absolute atomic E-state index is 14.8. The Hall–Kier alpha value is -7.31. The van der Waals surface area contributed by atoms with Crippen molar-refractivity contribution >= 4 is 93.2 Å².